The Morgan fingerprint density at radius 1 is 1.08 bits per heavy atom. The van der Waals surface area contributed by atoms with Crippen LogP contribution in [0.4, 0.5) is 0 Å². The van der Waals surface area contributed by atoms with E-state index < -0.39 is 0 Å². The molecule has 0 atom stereocenters. The molecule has 0 bridgehead atoms. The number of rotatable bonds is 6. The van der Waals surface area contributed by atoms with Gasteiger partial charge >= 0.3 is 0 Å². The minimum absolute atomic E-state index is 0.0636. The first kappa shape index (κ1) is 18.4. The van der Waals surface area contributed by atoms with Crippen molar-refractivity contribution in [1.82, 2.24) is 9.80 Å². The highest BCUT2D eigenvalue weighted by Crippen LogP contribution is 2.40. The van der Waals surface area contributed by atoms with E-state index in [4.69, 9.17) is 5.73 Å². The van der Waals surface area contributed by atoms with Crippen molar-refractivity contribution in [1.29, 1.82) is 0 Å². The van der Waals surface area contributed by atoms with Crippen LogP contribution in [0.25, 0.3) is 0 Å². The smallest absolute Gasteiger partial charge is 0.222 e. The van der Waals surface area contributed by atoms with Crippen LogP contribution in [0.5, 0.6) is 0 Å². The lowest BCUT2D eigenvalue weighted by atomic mass is 9.72. The van der Waals surface area contributed by atoms with E-state index in [1.165, 1.54) is 11.1 Å². The Labute approximate surface area is 150 Å². The Bertz CT molecular complexity index is 565. The van der Waals surface area contributed by atoms with Gasteiger partial charge in [-0.2, -0.15) is 0 Å². The van der Waals surface area contributed by atoms with Crippen molar-refractivity contribution in [2.24, 2.45) is 11.1 Å². The summed E-state index contributed by atoms with van der Waals surface area (Å²) in [7, 11) is 0. The Hall–Kier alpha value is -1.43. The standard InChI is InChI=1S/C20H31N3O2/c21-10-6-17-1-3-18(4-2-17)15-22-11-8-20(9-12-22)7-5-19(25)23(16-20)13-14-24/h1-4,24H,5-16,21H2. The van der Waals surface area contributed by atoms with Gasteiger partial charge in [-0.25, -0.2) is 0 Å². The van der Waals surface area contributed by atoms with Crippen LogP contribution in [-0.4, -0.2) is 60.1 Å². The number of β-amino-alcohol motifs (C(OH)–C–C–N with tert-alkyl or cyclic N) is 1. The third-order valence-electron chi connectivity index (χ3n) is 5.90. The lowest BCUT2D eigenvalue weighted by molar-refractivity contribution is -0.139. The number of aliphatic hydroxyl groups excluding tert-OH is 1. The molecule has 3 N–H and O–H groups in total. The number of nitrogens with two attached hydrogens (primary N) is 1. The SMILES string of the molecule is NCCc1ccc(CN2CCC3(CCC(=O)N(CCO)C3)CC2)cc1. The van der Waals surface area contributed by atoms with Gasteiger partial charge in [0.1, 0.15) is 0 Å². The van der Waals surface area contributed by atoms with Crippen LogP contribution in [0.15, 0.2) is 24.3 Å². The zero-order chi connectivity index (χ0) is 17.7. The zero-order valence-electron chi connectivity index (χ0n) is 15.1. The highest BCUT2D eigenvalue weighted by Gasteiger charge is 2.40. The number of aliphatic hydroxyl groups is 1. The Balaban J connectivity index is 1.52. The molecule has 5 nitrogen and oxygen atoms in total. The van der Waals surface area contributed by atoms with Gasteiger partial charge in [-0.3, -0.25) is 9.69 Å². The highest BCUT2D eigenvalue weighted by atomic mass is 16.3. The van der Waals surface area contributed by atoms with Crippen LogP contribution in [0.3, 0.4) is 0 Å². The van der Waals surface area contributed by atoms with Crippen molar-refractivity contribution < 1.29 is 9.90 Å². The van der Waals surface area contributed by atoms with E-state index in [1.54, 1.807) is 0 Å². The van der Waals surface area contributed by atoms with Crippen LogP contribution >= 0.6 is 0 Å². The summed E-state index contributed by atoms with van der Waals surface area (Å²) in [6.45, 7) is 5.25. The van der Waals surface area contributed by atoms with Gasteiger partial charge in [-0.05, 0) is 61.9 Å². The molecule has 2 fully saturated rings. The summed E-state index contributed by atoms with van der Waals surface area (Å²) < 4.78 is 0. The molecule has 0 aromatic heterocycles. The molecule has 2 aliphatic rings. The molecular formula is C20H31N3O2. The maximum absolute atomic E-state index is 12.0. The van der Waals surface area contributed by atoms with Gasteiger partial charge in [0.15, 0.2) is 0 Å². The number of carbonyl (C=O) groups is 1. The molecule has 138 valence electrons. The number of likely N-dealkylation sites (tertiary alicyclic amines) is 2. The second-order valence-electron chi connectivity index (χ2n) is 7.67. The summed E-state index contributed by atoms with van der Waals surface area (Å²) >= 11 is 0. The molecule has 2 aliphatic heterocycles. The monoisotopic (exact) mass is 345 g/mol. The highest BCUT2D eigenvalue weighted by molar-refractivity contribution is 5.77. The van der Waals surface area contributed by atoms with Crippen LogP contribution in [0.1, 0.15) is 36.8 Å². The molecule has 1 aromatic carbocycles. The predicted octanol–water partition coefficient (Wildman–Crippen LogP) is 1.38. The molecule has 1 spiro atoms. The fourth-order valence-electron chi connectivity index (χ4n) is 4.26. The molecule has 0 aliphatic carbocycles. The van der Waals surface area contributed by atoms with E-state index in [1.807, 2.05) is 4.90 Å². The summed E-state index contributed by atoms with van der Waals surface area (Å²) in [4.78, 5) is 16.4. The van der Waals surface area contributed by atoms with Gasteiger partial charge in [0.2, 0.25) is 5.91 Å². The maximum atomic E-state index is 12.0. The molecule has 1 amide bonds. The lowest BCUT2D eigenvalue weighted by Crippen LogP contribution is -2.51. The largest absolute Gasteiger partial charge is 0.395 e. The Kier molecular flexibility index (Phi) is 6.10. The first-order valence-corrected chi connectivity index (χ1v) is 9.53. The molecule has 0 saturated carbocycles. The molecule has 5 heteroatoms. The van der Waals surface area contributed by atoms with E-state index in [0.29, 0.717) is 19.5 Å². The quantitative estimate of drug-likeness (QED) is 0.817. The van der Waals surface area contributed by atoms with E-state index in [-0.39, 0.29) is 17.9 Å². The van der Waals surface area contributed by atoms with Gasteiger partial charge < -0.3 is 15.7 Å². The third kappa shape index (κ3) is 4.60. The molecule has 3 rings (SSSR count). The van der Waals surface area contributed by atoms with Gasteiger partial charge in [0.25, 0.3) is 0 Å². The first-order valence-electron chi connectivity index (χ1n) is 9.53. The number of carbonyl (C=O) groups excluding carboxylic acids is 1. The van der Waals surface area contributed by atoms with E-state index in [2.05, 4.69) is 29.2 Å². The topological polar surface area (TPSA) is 69.8 Å². The van der Waals surface area contributed by atoms with Crippen molar-refractivity contribution in [3.8, 4) is 0 Å². The van der Waals surface area contributed by atoms with Crippen LogP contribution in [0.2, 0.25) is 0 Å². The summed E-state index contributed by atoms with van der Waals surface area (Å²) in [5.41, 5.74) is 8.54. The fourth-order valence-corrected chi connectivity index (χ4v) is 4.26. The molecule has 0 radical (unpaired) electrons. The number of nitrogens with zero attached hydrogens (tertiary/aromatic N) is 2. The lowest BCUT2D eigenvalue weighted by Gasteiger charge is -2.47. The van der Waals surface area contributed by atoms with Gasteiger partial charge in [-0.1, -0.05) is 24.3 Å². The second kappa shape index (κ2) is 8.30. The second-order valence-corrected chi connectivity index (χ2v) is 7.67. The van der Waals surface area contributed by atoms with E-state index in [0.717, 1.165) is 51.9 Å². The molecule has 1 aromatic rings. The molecule has 2 heterocycles. The number of piperidine rings is 2. The average Bonchev–Trinajstić information content (AvgIpc) is 2.63. The Morgan fingerprint density at radius 2 is 1.76 bits per heavy atom. The zero-order valence-corrected chi connectivity index (χ0v) is 15.1. The minimum Gasteiger partial charge on any atom is -0.395 e. The van der Waals surface area contributed by atoms with Crippen molar-refractivity contribution >= 4 is 5.91 Å². The van der Waals surface area contributed by atoms with Crippen LogP contribution in [-0.2, 0) is 17.8 Å². The summed E-state index contributed by atoms with van der Waals surface area (Å²) in [5, 5.41) is 9.17. The van der Waals surface area contributed by atoms with Gasteiger partial charge in [0, 0.05) is 26.1 Å². The summed E-state index contributed by atoms with van der Waals surface area (Å²) in [6.07, 6.45) is 4.88. The molecular weight excluding hydrogens is 314 g/mol. The van der Waals surface area contributed by atoms with Crippen molar-refractivity contribution in [2.45, 2.75) is 38.6 Å². The van der Waals surface area contributed by atoms with Crippen molar-refractivity contribution in [3.05, 3.63) is 35.4 Å². The normalized spacial score (nSPS) is 21.0. The van der Waals surface area contributed by atoms with Crippen LogP contribution < -0.4 is 5.73 Å². The van der Waals surface area contributed by atoms with Gasteiger partial charge in [-0.15, -0.1) is 0 Å². The van der Waals surface area contributed by atoms with Crippen molar-refractivity contribution in [3.63, 3.8) is 0 Å². The maximum Gasteiger partial charge on any atom is 0.222 e. The fraction of sp³-hybridized carbons (Fsp3) is 0.650. The van der Waals surface area contributed by atoms with Gasteiger partial charge in [0.05, 0.1) is 6.61 Å². The summed E-state index contributed by atoms with van der Waals surface area (Å²) in [5.74, 6) is 0.208. The molecule has 0 unspecified atom stereocenters. The van der Waals surface area contributed by atoms with E-state index >= 15 is 0 Å². The Morgan fingerprint density at radius 3 is 2.40 bits per heavy atom. The number of amides is 1. The van der Waals surface area contributed by atoms with Crippen molar-refractivity contribution in [2.75, 3.05) is 39.3 Å². The van der Waals surface area contributed by atoms with E-state index in [9.17, 15) is 9.90 Å². The number of hydrogen-bond acceptors (Lipinski definition) is 4. The predicted molar refractivity (Wildman–Crippen MR) is 99.0 cm³/mol. The summed E-state index contributed by atoms with van der Waals surface area (Å²) in [6, 6.07) is 8.82. The van der Waals surface area contributed by atoms with Crippen LogP contribution in [0, 0.1) is 5.41 Å². The average molecular weight is 345 g/mol. The number of benzene rings is 1. The molecule has 2 saturated heterocycles. The first-order chi connectivity index (χ1) is 12.1. The minimum atomic E-state index is 0.0636. The molecule has 25 heavy (non-hydrogen) atoms. The third-order valence-corrected chi connectivity index (χ3v) is 5.90. The number of hydrogen-bond donors (Lipinski definition) is 2.